The third kappa shape index (κ3) is 6.25. The first kappa shape index (κ1) is 21.7. The Balaban J connectivity index is 1.90. The van der Waals surface area contributed by atoms with Crippen LogP contribution in [0.5, 0.6) is 0 Å². The van der Waals surface area contributed by atoms with Crippen LogP contribution >= 0.6 is 0 Å². The number of nitrogens with one attached hydrogen (secondary N) is 3. The average molecular weight is 389 g/mol. The number of methoxy groups -OCH3 is 1. The fourth-order valence-corrected chi connectivity index (χ4v) is 3.71. The minimum atomic E-state index is -0.514. The summed E-state index contributed by atoms with van der Waals surface area (Å²) >= 11 is 0. The molecule has 7 heteroatoms. The van der Waals surface area contributed by atoms with Gasteiger partial charge in [0.15, 0.2) is 0 Å². The molecule has 28 heavy (non-hydrogen) atoms. The number of ether oxygens (including phenoxy) is 1. The molecule has 2 rings (SSSR count). The van der Waals surface area contributed by atoms with Gasteiger partial charge in [0.25, 0.3) is 5.91 Å². The molecule has 1 aliphatic rings. The molecule has 1 aliphatic carbocycles. The van der Waals surface area contributed by atoms with Crippen LogP contribution in [0.15, 0.2) is 24.3 Å². The van der Waals surface area contributed by atoms with E-state index in [1.165, 1.54) is 13.5 Å². The summed E-state index contributed by atoms with van der Waals surface area (Å²) in [5.74, 6) is -0.441. The molecule has 1 aromatic rings. The second-order valence-corrected chi connectivity index (χ2v) is 8.30. The monoisotopic (exact) mass is 389 g/mol. The fraction of sp³-hybridized carbons (Fsp3) is 0.571. The molecule has 0 radical (unpaired) electrons. The second-order valence-electron chi connectivity index (χ2n) is 8.30. The SMILES string of the molecule is COC(=O)CNC(=O)c1ccc(NC(=O)NC2CCCCC2C(C)(C)C)cc1. The number of benzene rings is 1. The minimum absolute atomic E-state index is 0.150. The van der Waals surface area contributed by atoms with Crippen molar-refractivity contribution < 1.29 is 19.1 Å². The molecular weight excluding hydrogens is 358 g/mol. The number of amides is 3. The smallest absolute Gasteiger partial charge is 0.325 e. The lowest BCUT2D eigenvalue weighted by Crippen LogP contribution is -2.48. The van der Waals surface area contributed by atoms with Crippen LogP contribution in [-0.2, 0) is 9.53 Å². The summed E-state index contributed by atoms with van der Waals surface area (Å²) in [6, 6.07) is 6.45. The van der Waals surface area contributed by atoms with E-state index < -0.39 is 5.97 Å². The largest absolute Gasteiger partial charge is 0.468 e. The van der Waals surface area contributed by atoms with Crippen molar-refractivity contribution in [1.82, 2.24) is 10.6 Å². The van der Waals surface area contributed by atoms with Crippen molar-refractivity contribution in [3.63, 3.8) is 0 Å². The zero-order chi connectivity index (χ0) is 20.7. The summed E-state index contributed by atoms with van der Waals surface area (Å²) in [7, 11) is 1.26. The molecule has 0 aromatic heterocycles. The summed E-state index contributed by atoms with van der Waals surface area (Å²) in [6.07, 6.45) is 4.46. The van der Waals surface area contributed by atoms with E-state index in [2.05, 4.69) is 41.5 Å². The van der Waals surface area contributed by atoms with Gasteiger partial charge in [-0.2, -0.15) is 0 Å². The predicted octanol–water partition coefficient (Wildman–Crippen LogP) is 3.32. The molecule has 2 unspecified atom stereocenters. The molecule has 0 bridgehead atoms. The van der Waals surface area contributed by atoms with Gasteiger partial charge in [0, 0.05) is 17.3 Å². The normalized spacial score (nSPS) is 19.4. The topological polar surface area (TPSA) is 96.5 Å². The summed E-state index contributed by atoms with van der Waals surface area (Å²) in [4.78, 5) is 35.5. The molecule has 1 aromatic carbocycles. The molecule has 0 saturated heterocycles. The van der Waals surface area contributed by atoms with Gasteiger partial charge < -0.3 is 20.7 Å². The van der Waals surface area contributed by atoms with Crippen LogP contribution in [0, 0.1) is 11.3 Å². The quantitative estimate of drug-likeness (QED) is 0.673. The predicted molar refractivity (Wildman–Crippen MR) is 108 cm³/mol. The third-order valence-corrected chi connectivity index (χ3v) is 5.22. The van der Waals surface area contributed by atoms with Gasteiger partial charge in [-0.1, -0.05) is 33.6 Å². The van der Waals surface area contributed by atoms with Gasteiger partial charge in [-0.15, -0.1) is 0 Å². The molecule has 0 heterocycles. The van der Waals surface area contributed by atoms with Crippen molar-refractivity contribution in [3.8, 4) is 0 Å². The van der Waals surface area contributed by atoms with Gasteiger partial charge in [0.1, 0.15) is 6.54 Å². The Bertz CT molecular complexity index is 695. The standard InChI is InChI=1S/C21H31N3O4/c1-21(2,3)16-7-5-6-8-17(16)24-20(27)23-15-11-9-14(10-12-15)19(26)22-13-18(25)28-4/h9-12,16-17H,5-8,13H2,1-4H3,(H,22,26)(H2,23,24,27). The van der Waals surface area contributed by atoms with Crippen LogP contribution in [0.1, 0.15) is 56.8 Å². The number of hydrogen-bond donors (Lipinski definition) is 3. The average Bonchev–Trinajstić information content (AvgIpc) is 2.65. The Morgan fingerprint density at radius 2 is 1.71 bits per heavy atom. The number of hydrogen-bond acceptors (Lipinski definition) is 4. The van der Waals surface area contributed by atoms with Crippen LogP contribution < -0.4 is 16.0 Å². The van der Waals surface area contributed by atoms with E-state index in [-0.39, 0.29) is 29.9 Å². The van der Waals surface area contributed by atoms with E-state index in [1.54, 1.807) is 24.3 Å². The zero-order valence-electron chi connectivity index (χ0n) is 17.1. The van der Waals surface area contributed by atoms with Crippen LogP contribution in [-0.4, -0.2) is 37.6 Å². The second kappa shape index (κ2) is 9.57. The fourth-order valence-electron chi connectivity index (χ4n) is 3.71. The molecule has 1 saturated carbocycles. The summed E-state index contributed by atoms with van der Waals surface area (Å²) in [5, 5.41) is 8.42. The van der Waals surface area contributed by atoms with E-state index in [0.717, 1.165) is 19.3 Å². The van der Waals surface area contributed by atoms with Crippen LogP contribution in [0.2, 0.25) is 0 Å². The Morgan fingerprint density at radius 3 is 2.32 bits per heavy atom. The lowest BCUT2D eigenvalue weighted by Gasteiger charge is -2.40. The first-order chi connectivity index (χ1) is 13.2. The lowest BCUT2D eigenvalue weighted by atomic mass is 9.69. The van der Waals surface area contributed by atoms with Crippen LogP contribution in [0.3, 0.4) is 0 Å². The molecule has 154 valence electrons. The molecular formula is C21H31N3O4. The van der Waals surface area contributed by atoms with Crippen molar-refractivity contribution in [1.29, 1.82) is 0 Å². The van der Waals surface area contributed by atoms with Crippen molar-refractivity contribution in [2.24, 2.45) is 11.3 Å². The molecule has 3 N–H and O–H groups in total. The molecule has 2 atom stereocenters. The third-order valence-electron chi connectivity index (χ3n) is 5.22. The number of urea groups is 1. The number of rotatable bonds is 5. The maximum atomic E-state index is 12.4. The van der Waals surface area contributed by atoms with Crippen LogP contribution in [0.25, 0.3) is 0 Å². The van der Waals surface area contributed by atoms with Gasteiger partial charge in [-0.25, -0.2) is 4.79 Å². The maximum Gasteiger partial charge on any atom is 0.325 e. The molecule has 0 aliphatic heterocycles. The summed E-state index contributed by atoms with van der Waals surface area (Å²) < 4.78 is 4.48. The minimum Gasteiger partial charge on any atom is -0.468 e. The molecule has 3 amide bonds. The van der Waals surface area contributed by atoms with Crippen molar-refractivity contribution in [2.45, 2.75) is 52.5 Å². The molecule has 7 nitrogen and oxygen atoms in total. The number of esters is 1. The Kier molecular flexibility index (Phi) is 7.43. The molecule has 1 fully saturated rings. The van der Waals surface area contributed by atoms with Gasteiger partial charge in [0.05, 0.1) is 7.11 Å². The maximum absolute atomic E-state index is 12.4. The van der Waals surface area contributed by atoms with E-state index >= 15 is 0 Å². The Labute approximate surface area is 166 Å². The van der Waals surface area contributed by atoms with Crippen molar-refractivity contribution >= 4 is 23.6 Å². The van der Waals surface area contributed by atoms with Crippen LogP contribution in [0.4, 0.5) is 10.5 Å². The summed E-state index contributed by atoms with van der Waals surface area (Å²) in [5.41, 5.74) is 1.15. The Hall–Kier alpha value is -2.57. The highest BCUT2D eigenvalue weighted by molar-refractivity contribution is 5.97. The van der Waals surface area contributed by atoms with E-state index in [4.69, 9.17) is 0 Å². The Morgan fingerprint density at radius 1 is 1.07 bits per heavy atom. The first-order valence-electron chi connectivity index (χ1n) is 9.73. The van der Waals surface area contributed by atoms with E-state index in [1.807, 2.05) is 0 Å². The lowest BCUT2D eigenvalue weighted by molar-refractivity contribution is -0.139. The number of anilines is 1. The van der Waals surface area contributed by atoms with E-state index in [0.29, 0.717) is 17.2 Å². The highest BCUT2D eigenvalue weighted by Crippen LogP contribution is 2.38. The van der Waals surface area contributed by atoms with E-state index in [9.17, 15) is 14.4 Å². The van der Waals surface area contributed by atoms with Gasteiger partial charge >= 0.3 is 12.0 Å². The van der Waals surface area contributed by atoms with Gasteiger partial charge in [-0.05, 0) is 48.4 Å². The van der Waals surface area contributed by atoms with Crippen molar-refractivity contribution in [2.75, 3.05) is 19.0 Å². The first-order valence-corrected chi connectivity index (χ1v) is 9.73. The molecule has 0 spiro atoms. The summed E-state index contributed by atoms with van der Waals surface area (Å²) in [6.45, 7) is 6.48. The van der Waals surface area contributed by atoms with Crippen molar-refractivity contribution in [3.05, 3.63) is 29.8 Å². The highest BCUT2D eigenvalue weighted by atomic mass is 16.5. The van der Waals surface area contributed by atoms with Gasteiger partial charge in [-0.3, -0.25) is 9.59 Å². The zero-order valence-corrected chi connectivity index (χ0v) is 17.1. The number of carbonyl (C=O) groups is 3. The number of carbonyl (C=O) groups excluding carboxylic acids is 3. The highest BCUT2D eigenvalue weighted by Gasteiger charge is 2.34. The van der Waals surface area contributed by atoms with Gasteiger partial charge in [0.2, 0.25) is 0 Å².